The molecule has 0 bridgehead atoms. The van der Waals surface area contributed by atoms with Crippen LogP contribution in [0.5, 0.6) is 5.75 Å². The van der Waals surface area contributed by atoms with Crippen LogP contribution in [0.15, 0.2) is 47.4 Å². The zero-order valence-corrected chi connectivity index (χ0v) is 13.9. The van der Waals surface area contributed by atoms with Crippen LogP contribution < -0.4 is 15.2 Å². The van der Waals surface area contributed by atoms with E-state index in [1.54, 1.807) is 37.4 Å². The number of hydrogen-bond donors (Lipinski definition) is 0. The Morgan fingerprint density at radius 2 is 1.71 bits per heavy atom. The smallest absolute Gasteiger partial charge is 0.263 e. The van der Waals surface area contributed by atoms with E-state index in [1.807, 2.05) is 24.3 Å². The van der Waals surface area contributed by atoms with E-state index in [4.69, 9.17) is 4.74 Å². The quantitative estimate of drug-likeness (QED) is 0.854. The van der Waals surface area contributed by atoms with Gasteiger partial charge in [-0.2, -0.15) is 0 Å². The number of anilines is 1. The van der Waals surface area contributed by atoms with E-state index in [1.165, 1.54) is 4.57 Å². The summed E-state index contributed by atoms with van der Waals surface area (Å²) in [6.45, 7) is 2.68. The largest absolute Gasteiger partial charge is 0.497 e. The Bertz CT molecular complexity index is 775. The van der Waals surface area contributed by atoms with E-state index in [2.05, 4.69) is 4.90 Å². The molecule has 6 nitrogen and oxygen atoms in total. The van der Waals surface area contributed by atoms with E-state index in [0.29, 0.717) is 13.1 Å². The van der Waals surface area contributed by atoms with Crippen molar-refractivity contribution in [1.82, 2.24) is 9.47 Å². The Morgan fingerprint density at radius 1 is 1.04 bits per heavy atom. The van der Waals surface area contributed by atoms with Gasteiger partial charge in [0.25, 0.3) is 11.5 Å². The van der Waals surface area contributed by atoms with Gasteiger partial charge in [0.1, 0.15) is 11.3 Å². The van der Waals surface area contributed by atoms with Gasteiger partial charge < -0.3 is 19.1 Å². The number of aryl methyl sites for hydroxylation is 1. The molecule has 126 valence electrons. The molecular weight excluding hydrogens is 306 g/mol. The van der Waals surface area contributed by atoms with Gasteiger partial charge in [-0.3, -0.25) is 9.59 Å². The Morgan fingerprint density at radius 3 is 2.33 bits per heavy atom. The van der Waals surface area contributed by atoms with Gasteiger partial charge in [0.2, 0.25) is 0 Å². The van der Waals surface area contributed by atoms with Crippen LogP contribution in [0.25, 0.3) is 0 Å². The lowest BCUT2D eigenvalue weighted by molar-refractivity contribution is 0.0744. The van der Waals surface area contributed by atoms with Gasteiger partial charge in [0.05, 0.1) is 7.11 Å². The molecule has 0 unspecified atom stereocenters. The van der Waals surface area contributed by atoms with Gasteiger partial charge in [-0.05, 0) is 36.4 Å². The summed E-state index contributed by atoms with van der Waals surface area (Å²) in [5.74, 6) is 0.637. The van der Waals surface area contributed by atoms with Crippen molar-refractivity contribution in [3.8, 4) is 5.75 Å². The highest BCUT2D eigenvalue weighted by Crippen LogP contribution is 2.20. The summed E-state index contributed by atoms with van der Waals surface area (Å²) in [6, 6.07) is 11.2. The van der Waals surface area contributed by atoms with Crippen LogP contribution in [0.2, 0.25) is 0 Å². The number of rotatable bonds is 3. The maximum absolute atomic E-state index is 12.6. The Labute approximate surface area is 140 Å². The van der Waals surface area contributed by atoms with Crippen LogP contribution in [-0.4, -0.2) is 48.7 Å². The maximum atomic E-state index is 12.6. The van der Waals surface area contributed by atoms with Crippen molar-refractivity contribution >= 4 is 11.6 Å². The van der Waals surface area contributed by atoms with E-state index in [9.17, 15) is 9.59 Å². The van der Waals surface area contributed by atoms with Crippen LogP contribution in [0.4, 0.5) is 5.69 Å². The number of methoxy groups -OCH3 is 1. The highest BCUT2D eigenvalue weighted by Gasteiger charge is 2.24. The second-order valence-corrected chi connectivity index (χ2v) is 5.82. The summed E-state index contributed by atoms with van der Waals surface area (Å²) < 4.78 is 6.60. The van der Waals surface area contributed by atoms with Crippen LogP contribution in [-0.2, 0) is 7.05 Å². The van der Waals surface area contributed by atoms with Gasteiger partial charge in [-0.1, -0.05) is 0 Å². The molecule has 2 aromatic rings. The molecule has 2 heterocycles. The monoisotopic (exact) mass is 327 g/mol. The molecule has 0 radical (unpaired) electrons. The van der Waals surface area contributed by atoms with Gasteiger partial charge in [0, 0.05) is 45.1 Å². The number of ether oxygens (including phenoxy) is 1. The van der Waals surface area contributed by atoms with Crippen LogP contribution in [0, 0.1) is 0 Å². The van der Waals surface area contributed by atoms with E-state index in [-0.39, 0.29) is 17.0 Å². The third-order valence-electron chi connectivity index (χ3n) is 4.36. The van der Waals surface area contributed by atoms with Crippen molar-refractivity contribution in [3.63, 3.8) is 0 Å². The van der Waals surface area contributed by atoms with Crippen LogP contribution >= 0.6 is 0 Å². The van der Waals surface area contributed by atoms with Crippen LogP contribution in [0.3, 0.4) is 0 Å². The summed E-state index contributed by atoms with van der Waals surface area (Å²) in [5, 5.41) is 0. The molecule has 1 aromatic heterocycles. The van der Waals surface area contributed by atoms with Crippen molar-refractivity contribution in [3.05, 3.63) is 58.5 Å². The minimum atomic E-state index is -0.250. The number of carbonyl (C=O) groups is 1. The molecule has 0 aliphatic carbocycles. The fourth-order valence-corrected chi connectivity index (χ4v) is 2.89. The number of carbonyl (C=O) groups excluding carboxylic acids is 1. The highest BCUT2D eigenvalue weighted by atomic mass is 16.5. The fraction of sp³-hybridized carbons (Fsp3) is 0.333. The number of hydrogen-bond acceptors (Lipinski definition) is 4. The minimum absolute atomic E-state index is 0.189. The summed E-state index contributed by atoms with van der Waals surface area (Å²) in [7, 11) is 3.30. The first-order valence-corrected chi connectivity index (χ1v) is 7.94. The zero-order chi connectivity index (χ0) is 17.1. The summed E-state index contributed by atoms with van der Waals surface area (Å²) in [5.41, 5.74) is 1.09. The molecule has 1 aromatic carbocycles. The number of benzene rings is 1. The average Bonchev–Trinajstić information content (AvgIpc) is 2.64. The molecule has 0 N–H and O–H groups in total. The topological polar surface area (TPSA) is 54.8 Å². The Balaban J connectivity index is 1.67. The van der Waals surface area contributed by atoms with Crippen molar-refractivity contribution in [1.29, 1.82) is 0 Å². The summed E-state index contributed by atoms with van der Waals surface area (Å²) in [4.78, 5) is 28.6. The average molecular weight is 327 g/mol. The van der Waals surface area contributed by atoms with Crippen LogP contribution in [0.1, 0.15) is 10.4 Å². The highest BCUT2D eigenvalue weighted by molar-refractivity contribution is 5.94. The third-order valence-corrected chi connectivity index (χ3v) is 4.36. The van der Waals surface area contributed by atoms with E-state index >= 15 is 0 Å². The molecule has 0 spiro atoms. The number of aromatic nitrogens is 1. The molecule has 1 aliphatic rings. The van der Waals surface area contributed by atoms with Gasteiger partial charge in [-0.25, -0.2) is 0 Å². The standard InChI is InChI=1S/C18H21N3O3/c1-19-9-3-4-16(17(19)22)18(23)21-12-10-20(11-13-21)14-5-7-15(24-2)8-6-14/h3-9H,10-13H2,1-2H3. The molecule has 1 saturated heterocycles. The molecule has 1 aliphatic heterocycles. The summed E-state index contributed by atoms with van der Waals surface area (Å²) >= 11 is 0. The molecule has 3 rings (SSSR count). The maximum Gasteiger partial charge on any atom is 0.263 e. The normalized spacial score (nSPS) is 14.6. The Hall–Kier alpha value is -2.76. The second kappa shape index (κ2) is 6.78. The molecule has 0 saturated carbocycles. The van der Waals surface area contributed by atoms with Gasteiger partial charge in [0.15, 0.2) is 0 Å². The van der Waals surface area contributed by atoms with Gasteiger partial charge in [-0.15, -0.1) is 0 Å². The first-order valence-electron chi connectivity index (χ1n) is 7.94. The van der Waals surface area contributed by atoms with Gasteiger partial charge >= 0.3 is 0 Å². The van der Waals surface area contributed by atoms with E-state index in [0.717, 1.165) is 24.5 Å². The molecular formula is C18H21N3O3. The molecule has 24 heavy (non-hydrogen) atoms. The summed E-state index contributed by atoms with van der Waals surface area (Å²) in [6.07, 6.45) is 1.65. The number of pyridine rings is 1. The lowest BCUT2D eigenvalue weighted by Crippen LogP contribution is -2.49. The van der Waals surface area contributed by atoms with Crippen molar-refractivity contribution < 1.29 is 9.53 Å². The first-order chi connectivity index (χ1) is 11.6. The first kappa shape index (κ1) is 16.1. The molecule has 1 fully saturated rings. The van der Waals surface area contributed by atoms with Crippen molar-refractivity contribution in [2.24, 2.45) is 7.05 Å². The number of amides is 1. The predicted molar refractivity (Wildman–Crippen MR) is 92.8 cm³/mol. The fourth-order valence-electron chi connectivity index (χ4n) is 2.89. The molecule has 0 atom stereocenters. The number of piperazine rings is 1. The molecule has 1 amide bonds. The lowest BCUT2D eigenvalue weighted by atomic mass is 10.2. The van der Waals surface area contributed by atoms with E-state index < -0.39 is 0 Å². The Kier molecular flexibility index (Phi) is 4.55. The SMILES string of the molecule is COc1ccc(N2CCN(C(=O)c3cccn(C)c3=O)CC2)cc1. The zero-order valence-electron chi connectivity index (χ0n) is 13.9. The third kappa shape index (κ3) is 3.13. The lowest BCUT2D eigenvalue weighted by Gasteiger charge is -2.36. The van der Waals surface area contributed by atoms with Crippen molar-refractivity contribution in [2.75, 3.05) is 38.2 Å². The molecule has 6 heteroatoms. The van der Waals surface area contributed by atoms with Crippen molar-refractivity contribution in [2.45, 2.75) is 0 Å². The second-order valence-electron chi connectivity index (χ2n) is 5.82. The number of nitrogens with zero attached hydrogens (tertiary/aromatic N) is 3. The minimum Gasteiger partial charge on any atom is -0.497 e. The predicted octanol–water partition coefficient (Wildman–Crippen LogP) is 1.36.